The number of nitrogens with one attached hydrogen (secondary N) is 1. The molecule has 1 saturated heterocycles. The van der Waals surface area contributed by atoms with E-state index < -0.39 is 5.54 Å². The SMILES string of the molecule is NC(CN1C(=O)NC2(CCCCC2)C1=O)c1ccccc1. The van der Waals surface area contributed by atoms with Gasteiger partial charge in [0, 0.05) is 12.6 Å². The molecule has 2 aliphatic rings. The normalized spacial score (nSPS) is 22.4. The number of hydrogen-bond donors (Lipinski definition) is 2. The van der Waals surface area contributed by atoms with Gasteiger partial charge in [-0.3, -0.25) is 9.69 Å². The van der Waals surface area contributed by atoms with Gasteiger partial charge in [0.1, 0.15) is 5.54 Å². The lowest BCUT2D eigenvalue weighted by Crippen LogP contribution is -2.48. The maximum Gasteiger partial charge on any atom is 0.325 e. The maximum absolute atomic E-state index is 12.6. The van der Waals surface area contributed by atoms with Gasteiger partial charge in [-0.2, -0.15) is 0 Å². The van der Waals surface area contributed by atoms with Gasteiger partial charge in [-0.25, -0.2) is 4.79 Å². The van der Waals surface area contributed by atoms with Crippen molar-refractivity contribution >= 4 is 11.9 Å². The largest absolute Gasteiger partial charge is 0.325 e. The number of carbonyl (C=O) groups is 2. The van der Waals surface area contributed by atoms with E-state index in [1.54, 1.807) is 0 Å². The number of rotatable bonds is 3. The van der Waals surface area contributed by atoms with Crippen LogP contribution in [0.15, 0.2) is 30.3 Å². The lowest BCUT2D eigenvalue weighted by Gasteiger charge is -2.30. The molecule has 2 fully saturated rings. The van der Waals surface area contributed by atoms with E-state index in [1.165, 1.54) is 4.90 Å². The highest BCUT2D eigenvalue weighted by Crippen LogP contribution is 2.34. The summed E-state index contributed by atoms with van der Waals surface area (Å²) in [6.07, 6.45) is 4.60. The monoisotopic (exact) mass is 287 g/mol. The van der Waals surface area contributed by atoms with E-state index in [2.05, 4.69) is 5.32 Å². The lowest BCUT2D eigenvalue weighted by atomic mass is 9.81. The molecule has 1 unspecified atom stereocenters. The lowest BCUT2D eigenvalue weighted by molar-refractivity contribution is -0.132. The van der Waals surface area contributed by atoms with Crippen molar-refractivity contribution in [2.45, 2.75) is 43.7 Å². The zero-order valence-corrected chi connectivity index (χ0v) is 12.0. The van der Waals surface area contributed by atoms with Gasteiger partial charge < -0.3 is 11.1 Å². The van der Waals surface area contributed by atoms with Crippen LogP contribution in [0, 0.1) is 0 Å². The van der Waals surface area contributed by atoms with Crippen molar-refractivity contribution in [1.82, 2.24) is 10.2 Å². The Morgan fingerprint density at radius 1 is 1.14 bits per heavy atom. The van der Waals surface area contributed by atoms with E-state index in [0.29, 0.717) is 0 Å². The first-order chi connectivity index (χ1) is 10.1. The molecule has 5 nitrogen and oxygen atoms in total. The Hall–Kier alpha value is -1.88. The summed E-state index contributed by atoms with van der Waals surface area (Å²) in [5.41, 5.74) is 6.42. The minimum Gasteiger partial charge on any atom is -0.323 e. The second-order valence-electron chi connectivity index (χ2n) is 6.01. The molecule has 21 heavy (non-hydrogen) atoms. The molecule has 1 spiro atoms. The predicted octanol–water partition coefficient (Wildman–Crippen LogP) is 1.94. The van der Waals surface area contributed by atoms with Gasteiger partial charge in [0.05, 0.1) is 0 Å². The Morgan fingerprint density at radius 2 is 1.81 bits per heavy atom. The summed E-state index contributed by atoms with van der Waals surface area (Å²) in [6, 6.07) is 8.92. The minimum atomic E-state index is -0.661. The summed E-state index contributed by atoms with van der Waals surface area (Å²) in [5.74, 6) is -0.0985. The molecule has 3 N–H and O–H groups in total. The molecule has 1 saturated carbocycles. The first-order valence-electron chi connectivity index (χ1n) is 7.57. The quantitative estimate of drug-likeness (QED) is 0.834. The number of hydrogen-bond acceptors (Lipinski definition) is 3. The third kappa shape index (κ3) is 2.53. The molecule has 1 heterocycles. The molecule has 1 aromatic rings. The van der Waals surface area contributed by atoms with Crippen molar-refractivity contribution in [2.24, 2.45) is 5.73 Å². The van der Waals surface area contributed by atoms with Gasteiger partial charge in [0.15, 0.2) is 0 Å². The van der Waals surface area contributed by atoms with Crippen molar-refractivity contribution < 1.29 is 9.59 Å². The van der Waals surface area contributed by atoms with Crippen LogP contribution in [0.25, 0.3) is 0 Å². The molecule has 0 bridgehead atoms. The Bertz CT molecular complexity index is 538. The van der Waals surface area contributed by atoms with Crippen molar-refractivity contribution in [3.8, 4) is 0 Å². The Morgan fingerprint density at radius 3 is 2.48 bits per heavy atom. The highest BCUT2D eigenvalue weighted by Gasteiger charge is 2.51. The molecule has 0 radical (unpaired) electrons. The van der Waals surface area contributed by atoms with Crippen LogP contribution in [-0.2, 0) is 4.79 Å². The standard InChI is InChI=1S/C16H21N3O2/c17-13(12-7-3-1-4-8-12)11-19-14(20)16(18-15(19)21)9-5-2-6-10-16/h1,3-4,7-8,13H,2,5-6,9-11,17H2,(H,18,21). The van der Waals surface area contributed by atoms with Crippen molar-refractivity contribution in [3.63, 3.8) is 0 Å². The van der Waals surface area contributed by atoms with E-state index in [1.807, 2.05) is 30.3 Å². The number of carbonyl (C=O) groups excluding carboxylic acids is 2. The minimum absolute atomic E-state index is 0.0985. The topological polar surface area (TPSA) is 75.4 Å². The van der Waals surface area contributed by atoms with Gasteiger partial charge in [0.2, 0.25) is 0 Å². The molecular formula is C16H21N3O2. The fraction of sp³-hybridized carbons (Fsp3) is 0.500. The van der Waals surface area contributed by atoms with Crippen LogP contribution in [0.2, 0.25) is 0 Å². The second kappa shape index (κ2) is 5.48. The number of benzene rings is 1. The van der Waals surface area contributed by atoms with E-state index in [-0.39, 0.29) is 24.5 Å². The van der Waals surface area contributed by atoms with Crippen LogP contribution in [0.5, 0.6) is 0 Å². The molecule has 3 amide bonds. The Labute approximate surface area is 124 Å². The van der Waals surface area contributed by atoms with Crippen LogP contribution in [0.4, 0.5) is 4.79 Å². The van der Waals surface area contributed by atoms with Crippen molar-refractivity contribution in [3.05, 3.63) is 35.9 Å². The highest BCUT2D eigenvalue weighted by atomic mass is 16.2. The molecule has 3 rings (SSSR count). The van der Waals surface area contributed by atoms with Crippen LogP contribution in [-0.4, -0.2) is 28.9 Å². The van der Waals surface area contributed by atoms with Gasteiger partial charge >= 0.3 is 6.03 Å². The average molecular weight is 287 g/mol. The number of amides is 3. The summed E-state index contributed by atoms with van der Waals surface area (Å²) >= 11 is 0. The molecule has 1 aliphatic heterocycles. The molecule has 1 aromatic carbocycles. The van der Waals surface area contributed by atoms with Gasteiger partial charge in [-0.15, -0.1) is 0 Å². The zero-order valence-electron chi connectivity index (χ0n) is 12.0. The van der Waals surface area contributed by atoms with Crippen LogP contribution < -0.4 is 11.1 Å². The van der Waals surface area contributed by atoms with Gasteiger partial charge in [-0.1, -0.05) is 49.6 Å². The molecular weight excluding hydrogens is 266 g/mol. The van der Waals surface area contributed by atoms with Crippen molar-refractivity contribution in [1.29, 1.82) is 0 Å². The summed E-state index contributed by atoms with van der Waals surface area (Å²) in [4.78, 5) is 26.1. The Balaban J connectivity index is 1.74. The zero-order chi connectivity index (χ0) is 14.9. The fourth-order valence-electron chi connectivity index (χ4n) is 3.34. The number of urea groups is 1. The first-order valence-corrected chi connectivity index (χ1v) is 7.57. The molecule has 1 atom stereocenters. The first kappa shape index (κ1) is 14.1. The molecule has 112 valence electrons. The highest BCUT2D eigenvalue weighted by molar-refractivity contribution is 6.07. The fourth-order valence-corrected chi connectivity index (χ4v) is 3.34. The summed E-state index contributed by atoms with van der Waals surface area (Å²) in [7, 11) is 0. The average Bonchev–Trinajstić information content (AvgIpc) is 2.73. The van der Waals surface area contributed by atoms with Crippen molar-refractivity contribution in [2.75, 3.05) is 6.54 Å². The molecule has 0 aromatic heterocycles. The summed E-state index contributed by atoms with van der Waals surface area (Å²) in [5, 5.41) is 2.91. The Kier molecular flexibility index (Phi) is 3.68. The van der Waals surface area contributed by atoms with E-state index in [9.17, 15) is 9.59 Å². The van der Waals surface area contributed by atoms with E-state index in [4.69, 9.17) is 5.73 Å². The smallest absolute Gasteiger partial charge is 0.323 e. The van der Waals surface area contributed by atoms with Gasteiger partial charge in [0.25, 0.3) is 5.91 Å². The molecule has 5 heteroatoms. The van der Waals surface area contributed by atoms with Crippen LogP contribution in [0.3, 0.4) is 0 Å². The number of nitrogens with zero attached hydrogens (tertiary/aromatic N) is 1. The van der Waals surface area contributed by atoms with E-state index in [0.717, 1.165) is 37.7 Å². The number of nitrogens with two attached hydrogens (primary N) is 1. The predicted molar refractivity (Wildman–Crippen MR) is 79.4 cm³/mol. The molecule has 1 aliphatic carbocycles. The van der Waals surface area contributed by atoms with Crippen LogP contribution in [0.1, 0.15) is 43.7 Å². The third-order valence-corrected chi connectivity index (χ3v) is 4.56. The summed E-state index contributed by atoms with van der Waals surface area (Å²) in [6.45, 7) is 0.233. The summed E-state index contributed by atoms with van der Waals surface area (Å²) < 4.78 is 0. The van der Waals surface area contributed by atoms with E-state index >= 15 is 0 Å². The maximum atomic E-state index is 12.6. The van der Waals surface area contributed by atoms with Gasteiger partial charge in [-0.05, 0) is 18.4 Å². The number of imide groups is 1. The van der Waals surface area contributed by atoms with Crippen LogP contribution >= 0.6 is 0 Å². The third-order valence-electron chi connectivity index (χ3n) is 4.56. The second-order valence-corrected chi connectivity index (χ2v) is 6.01.